The van der Waals surface area contributed by atoms with Gasteiger partial charge in [-0.3, -0.25) is 4.40 Å². The van der Waals surface area contributed by atoms with E-state index in [1.54, 1.807) is 10.5 Å². The molecule has 0 saturated carbocycles. The van der Waals surface area contributed by atoms with Crippen molar-refractivity contribution < 1.29 is 4.39 Å². The van der Waals surface area contributed by atoms with Gasteiger partial charge in [0.15, 0.2) is 0 Å². The fourth-order valence-electron chi connectivity index (χ4n) is 2.07. The molecule has 5 heteroatoms. The highest BCUT2D eigenvalue weighted by Crippen LogP contribution is 2.29. The molecule has 0 aliphatic heterocycles. The van der Waals surface area contributed by atoms with Gasteiger partial charge in [-0.05, 0) is 42.8 Å². The average molecular weight is 276 g/mol. The van der Waals surface area contributed by atoms with Gasteiger partial charge in [0.25, 0.3) is 0 Å². The number of rotatable bonds is 1. The Morgan fingerprint density at radius 1 is 1.26 bits per heavy atom. The zero-order chi connectivity index (χ0) is 13.6. The number of halogens is 2. The highest BCUT2D eigenvalue weighted by Gasteiger charge is 2.12. The van der Waals surface area contributed by atoms with E-state index in [1.165, 1.54) is 12.1 Å². The minimum absolute atomic E-state index is 0.322. The first-order valence-electron chi connectivity index (χ1n) is 5.75. The van der Waals surface area contributed by atoms with Crippen molar-refractivity contribution in [3.05, 3.63) is 52.9 Å². The third-order valence-electron chi connectivity index (χ3n) is 2.95. The van der Waals surface area contributed by atoms with Crippen molar-refractivity contribution >= 4 is 23.1 Å². The van der Waals surface area contributed by atoms with Gasteiger partial charge in [0.1, 0.15) is 23.0 Å². The summed E-state index contributed by atoms with van der Waals surface area (Å²) in [6.45, 7) is 1.98. The summed E-state index contributed by atoms with van der Waals surface area (Å²) in [7, 11) is 0. The van der Waals surface area contributed by atoms with Crippen molar-refractivity contribution in [2.45, 2.75) is 6.92 Å². The van der Waals surface area contributed by atoms with Gasteiger partial charge in [-0.2, -0.15) is 0 Å². The number of aromatic nitrogens is 2. The molecule has 2 heterocycles. The molecule has 0 unspecified atom stereocenters. The van der Waals surface area contributed by atoms with Gasteiger partial charge >= 0.3 is 0 Å². The number of nitrogens with two attached hydrogens (primary N) is 1. The van der Waals surface area contributed by atoms with Crippen molar-refractivity contribution in [1.29, 1.82) is 0 Å². The molecular weight excluding hydrogens is 265 g/mol. The van der Waals surface area contributed by atoms with Crippen molar-refractivity contribution in [3.63, 3.8) is 0 Å². The Balaban J connectivity index is 2.27. The minimum Gasteiger partial charge on any atom is -0.383 e. The summed E-state index contributed by atoms with van der Waals surface area (Å²) in [6, 6.07) is 8.13. The molecule has 0 atom stereocenters. The van der Waals surface area contributed by atoms with Gasteiger partial charge in [0, 0.05) is 16.8 Å². The predicted octanol–water partition coefficient (Wildman–Crippen LogP) is 3.68. The van der Waals surface area contributed by atoms with Gasteiger partial charge in [-0.1, -0.05) is 11.6 Å². The Hall–Kier alpha value is -2.07. The number of hydrogen-bond acceptors (Lipinski definition) is 2. The molecule has 3 rings (SSSR count). The molecule has 0 spiro atoms. The lowest BCUT2D eigenvalue weighted by atomic mass is 10.1. The third-order valence-corrected chi connectivity index (χ3v) is 3.17. The molecule has 0 saturated heterocycles. The largest absolute Gasteiger partial charge is 0.383 e. The van der Waals surface area contributed by atoms with Gasteiger partial charge < -0.3 is 5.73 Å². The molecule has 2 aromatic heterocycles. The van der Waals surface area contributed by atoms with Gasteiger partial charge in [0.05, 0.1) is 0 Å². The fraction of sp³-hybridized carbons (Fsp3) is 0.0714. The number of pyridine rings is 1. The standard InChI is InChI=1S/C14H11ClFN3/c1-8-2-3-19-12(4-8)18-13(14(19)17)9-5-10(15)7-11(16)6-9/h2-7H,17H2,1H3. The maximum absolute atomic E-state index is 13.4. The summed E-state index contributed by atoms with van der Waals surface area (Å²) in [5, 5.41) is 0.322. The molecule has 0 aliphatic carbocycles. The Morgan fingerprint density at radius 2 is 2.05 bits per heavy atom. The van der Waals surface area contributed by atoms with Crippen LogP contribution in [-0.2, 0) is 0 Å². The first-order valence-corrected chi connectivity index (χ1v) is 6.13. The van der Waals surface area contributed by atoms with E-state index in [9.17, 15) is 4.39 Å². The van der Waals surface area contributed by atoms with Gasteiger partial charge in [-0.15, -0.1) is 0 Å². The number of nitrogens with zero attached hydrogens (tertiary/aromatic N) is 2. The zero-order valence-corrected chi connectivity index (χ0v) is 10.9. The maximum Gasteiger partial charge on any atom is 0.139 e. The van der Waals surface area contributed by atoms with Crippen LogP contribution >= 0.6 is 11.6 Å². The minimum atomic E-state index is -0.407. The van der Waals surface area contributed by atoms with Crippen LogP contribution in [0.25, 0.3) is 16.9 Å². The van der Waals surface area contributed by atoms with Gasteiger partial charge in [0.2, 0.25) is 0 Å². The molecule has 2 N–H and O–H groups in total. The lowest BCUT2D eigenvalue weighted by Crippen LogP contribution is -1.94. The van der Waals surface area contributed by atoms with Crippen LogP contribution in [0.4, 0.5) is 10.2 Å². The second kappa shape index (κ2) is 4.24. The molecule has 0 aliphatic rings. The molecule has 96 valence electrons. The van der Waals surface area contributed by atoms with Gasteiger partial charge in [-0.25, -0.2) is 9.37 Å². The topological polar surface area (TPSA) is 43.3 Å². The molecule has 0 radical (unpaired) electrons. The van der Waals surface area contributed by atoms with E-state index < -0.39 is 5.82 Å². The highest BCUT2D eigenvalue weighted by molar-refractivity contribution is 6.30. The zero-order valence-electron chi connectivity index (χ0n) is 10.2. The SMILES string of the molecule is Cc1ccn2c(N)c(-c3cc(F)cc(Cl)c3)nc2c1. The fourth-order valence-corrected chi connectivity index (χ4v) is 2.29. The van der Waals surface area contributed by atoms with E-state index in [1.807, 2.05) is 25.3 Å². The smallest absolute Gasteiger partial charge is 0.139 e. The second-order valence-electron chi connectivity index (χ2n) is 4.44. The van der Waals surface area contributed by atoms with E-state index in [-0.39, 0.29) is 0 Å². The average Bonchev–Trinajstić information content (AvgIpc) is 2.65. The molecule has 3 aromatic rings. The van der Waals surface area contributed by atoms with Crippen molar-refractivity contribution in [1.82, 2.24) is 9.38 Å². The number of anilines is 1. The Kier molecular flexibility index (Phi) is 2.68. The van der Waals surface area contributed by atoms with Crippen LogP contribution in [0.2, 0.25) is 5.02 Å². The molecule has 0 fully saturated rings. The van der Waals surface area contributed by atoms with E-state index in [2.05, 4.69) is 4.98 Å². The van der Waals surface area contributed by atoms with Crippen molar-refractivity contribution in [3.8, 4) is 11.3 Å². The van der Waals surface area contributed by atoms with Crippen LogP contribution in [0, 0.1) is 12.7 Å². The van der Waals surface area contributed by atoms with Crippen molar-refractivity contribution in [2.75, 3.05) is 5.73 Å². The first-order chi connectivity index (χ1) is 9.04. The number of nitrogen functional groups attached to an aromatic ring is 1. The van der Waals surface area contributed by atoms with E-state index in [4.69, 9.17) is 17.3 Å². The third kappa shape index (κ3) is 2.04. The number of fused-ring (bicyclic) bond motifs is 1. The summed E-state index contributed by atoms with van der Waals surface area (Å²) >= 11 is 5.86. The molecule has 0 bridgehead atoms. The highest BCUT2D eigenvalue weighted by atomic mass is 35.5. The number of benzene rings is 1. The molecule has 0 amide bonds. The van der Waals surface area contributed by atoms with E-state index in [0.717, 1.165) is 11.2 Å². The summed E-state index contributed by atoms with van der Waals surface area (Å²) in [4.78, 5) is 4.44. The first kappa shape index (κ1) is 12.0. The lowest BCUT2D eigenvalue weighted by molar-refractivity contribution is 0.628. The quantitative estimate of drug-likeness (QED) is 0.736. The van der Waals surface area contributed by atoms with Crippen LogP contribution in [-0.4, -0.2) is 9.38 Å². The van der Waals surface area contributed by atoms with Crippen LogP contribution in [0.5, 0.6) is 0 Å². The van der Waals surface area contributed by atoms with Crippen molar-refractivity contribution in [2.24, 2.45) is 0 Å². The number of imidazole rings is 1. The summed E-state index contributed by atoms with van der Waals surface area (Å²) in [6.07, 6.45) is 1.84. The van der Waals surface area contributed by atoms with E-state index in [0.29, 0.717) is 22.1 Å². The van der Waals surface area contributed by atoms with E-state index >= 15 is 0 Å². The lowest BCUT2D eigenvalue weighted by Gasteiger charge is -2.01. The molecular formula is C14H11ClFN3. The summed E-state index contributed by atoms with van der Waals surface area (Å²) in [5.41, 5.74) is 8.98. The Morgan fingerprint density at radius 3 is 2.79 bits per heavy atom. The normalized spacial score (nSPS) is 11.1. The predicted molar refractivity (Wildman–Crippen MR) is 74.7 cm³/mol. The summed E-state index contributed by atoms with van der Waals surface area (Å²) in [5.74, 6) is 0.0619. The van der Waals surface area contributed by atoms with Crippen LogP contribution in [0.3, 0.4) is 0 Å². The summed E-state index contributed by atoms with van der Waals surface area (Å²) < 4.78 is 15.2. The Labute approximate surface area is 114 Å². The molecule has 1 aromatic carbocycles. The Bertz CT molecular complexity index is 759. The number of aryl methyl sites for hydroxylation is 1. The van der Waals surface area contributed by atoms with Crippen LogP contribution < -0.4 is 5.73 Å². The molecule has 3 nitrogen and oxygen atoms in total. The number of hydrogen-bond donors (Lipinski definition) is 1. The monoisotopic (exact) mass is 275 g/mol. The van der Waals surface area contributed by atoms with Crippen LogP contribution in [0.1, 0.15) is 5.56 Å². The molecule has 19 heavy (non-hydrogen) atoms. The van der Waals surface area contributed by atoms with Crippen LogP contribution in [0.15, 0.2) is 36.5 Å². The maximum atomic E-state index is 13.4. The second-order valence-corrected chi connectivity index (χ2v) is 4.87.